The lowest BCUT2D eigenvalue weighted by atomic mass is 9.88. The molecule has 122 valence electrons. The van der Waals surface area contributed by atoms with Crippen molar-refractivity contribution in [1.29, 1.82) is 0 Å². The van der Waals surface area contributed by atoms with Gasteiger partial charge < -0.3 is 9.64 Å². The Morgan fingerprint density at radius 2 is 2.05 bits per heavy atom. The fourth-order valence-corrected chi connectivity index (χ4v) is 3.83. The number of anilines is 1. The van der Waals surface area contributed by atoms with Gasteiger partial charge in [0.05, 0.1) is 5.60 Å². The Bertz CT molecular complexity index is 495. The second-order valence-corrected chi connectivity index (χ2v) is 7.40. The van der Waals surface area contributed by atoms with Gasteiger partial charge in [-0.3, -0.25) is 4.90 Å². The summed E-state index contributed by atoms with van der Waals surface area (Å²) in [5.41, 5.74) is 1.35. The third-order valence-electron chi connectivity index (χ3n) is 4.97. The number of rotatable bonds is 3. The minimum atomic E-state index is 0.0653. The molecule has 3 rings (SSSR count). The third kappa shape index (κ3) is 3.79. The molecule has 1 aromatic rings. The number of pyridine rings is 1. The zero-order valence-corrected chi connectivity index (χ0v) is 14.2. The number of piperazine rings is 1. The van der Waals surface area contributed by atoms with Crippen LogP contribution in [0.5, 0.6) is 0 Å². The Labute approximate surface area is 134 Å². The summed E-state index contributed by atoms with van der Waals surface area (Å²) in [5, 5.41) is 0. The third-order valence-corrected chi connectivity index (χ3v) is 4.97. The average molecular weight is 303 g/mol. The smallest absolute Gasteiger partial charge is 0.131 e. The molecule has 0 N–H and O–H groups in total. The van der Waals surface area contributed by atoms with Crippen LogP contribution in [0.3, 0.4) is 0 Å². The van der Waals surface area contributed by atoms with Crippen LogP contribution in [-0.2, 0) is 4.74 Å². The Kier molecular flexibility index (Phi) is 4.69. The highest BCUT2D eigenvalue weighted by Gasteiger charge is 2.30. The minimum Gasteiger partial charge on any atom is -0.376 e. The van der Waals surface area contributed by atoms with Gasteiger partial charge in [-0.15, -0.1) is 0 Å². The van der Waals surface area contributed by atoms with Gasteiger partial charge in [-0.1, -0.05) is 6.07 Å². The summed E-state index contributed by atoms with van der Waals surface area (Å²) in [6.45, 7) is 13.2. The van der Waals surface area contributed by atoms with Gasteiger partial charge >= 0.3 is 0 Å². The molecule has 0 spiro atoms. The highest BCUT2D eigenvalue weighted by Crippen LogP contribution is 2.29. The molecule has 2 fully saturated rings. The van der Waals surface area contributed by atoms with Crippen LogP contribution in [-0.4, -0.2) is 54.8 Å². The Morgan fingerprint density at radius 1 is 1.27 bits per heavy atom. The van der Waals surface area contributed by atoms with Gasteiger partial charge in [0, 0.05) is 45.5 Å². The van der Waals surface area contributed by atoms with E-state index in [1.165, 1.54) is 24.9 Å². The van der Waals surface area contributed by atoms with Crippen LogP contribution >= 0.6 is 0 Å². The van der Waals surface area contributed by atoms with Crippen LogP contribution in [0.4, 0.5) is 5.82 Å². The summed E-state index contributed by atoms with van der Waals surface area (Å²) in [6.07, 6.45) is 4.30. The first kappa shape index (κ1) is 15.8. The molecule has 1 aromatic heterocycles. The quantitative estimate of drug-likeness (QED) is 0.858. The second kappa shape index (κ2) is 6.55. The Balaban J connectivity index is 1.51. The van der Waals surface area contributed by atoms with Crippen molar-refractivity contribution in [1.82, 2.24) is 9.88 Å². The van der Waals surface area contributed by atoms with Crippen LogP contribution in [0.2, 0.25) is 0 Å². The van der Waals surface area contributed by atoms with E-state index in [-0.39, 0.29) is 5.60 Å². The summed E-state index contributed by atoms with van der Waals surface area (Å²) in [7, 11) is 0. The van der Waals surface area contributed by atoms with E-state index >= 15 is 0 Å². The molecule has 0 amide bonds. The first-order valence-corrected chi connectivity index (χ1v) is 8.56. The van der Waals surface area contributed by atoms with E-state index in [9.17, 15) is 0 Å². The predicted octanol–water partition coefficient (Wildman–Crippen LogP) is 2.72. The molecule has 4 nitrogen and oxygen atoms in total. The summed E-state index contributed by atoms with van der Waals surface area (Å²) in [6, 6.07) is 4.17. The first-order valence-electron chi connectivity index (χ1n) is 8.56. The maximum atomic E-state index is 5.84. The van der Waals surface area contributed by atoms with Crippen LogP contribution in [0.15, 0.2) is 18.3 Å². The van der Waals surface area contributed by atoms with Gasteiger partial charge in [0.25, 0.3) is 0 Å². The van der Waals surface area contributed by atoms with Crippen LogP contribution in [0.1, 0.15) is 32.3 Å². The molecule has 2 saturated heterocycles. The number of aryl methyl sites for hydroxylation is 1. The maximum Gasteiger partial charge on any atom is 0.131 e. The van der Waals surface area contributed by atoms with Crippen molar-refractivity contribution >= 4 is 5.82 Å². The molecule has 2 aliphatic heterocycles. The maximum absolute atomic E-state index is 5.84. The summed E-state index contributed by atoms with van der Waals surface area (Å²) in [4.78, 5) is 9.61. The molecular weight excluding hydrogens is 274 g/mol. The molecule has 0 radical (unpaired) electrons. The molecule has 0 saturated carbocycles. The van der Waals surface area contributed by atoms with Crippen LogP contribution in [0, 0.1) is 12.8 Å². The standard InChI is InChI=1S/C18H29N3O/c1-15-5-4-7-19-17(15)21-10-8-20(9-11-21)14-16-6-12-22-18(2,3)13-16/h4-5,7,16H,6,8-14H2,1-3H3/t16-/m1/s1. The summed E-state index contributed by atoms with van der Waals surface area (Å²) in [5.74, 6) is 1.95. The van der Waals surface area contributed by atoms with Crippen molar-refractivity contribution in [2.45, 2.75) is 39.2 Å². The van der Waals surface area contributed by atoms with E-state index in [0.29, 0.717) is 0 Å². The lowest BCUT2D eigenvalue weighted by molar-refractivity contribution is -0.0769. The van der Waals surface area contributed by atoms with Gasteiger partial charge in [-0.2, -0.15) is 0 Å². The van der Waals surface area contributed by atoms with Crippen LogP contribution in [0.25, 0.3) is 0 Å². The monoisotopic (exact) mass is 303 g/mol. The SMILES string of the molecule is Cc1cccnc1N1CCN(C[C@@H]2CCOC(C)(C)C2)CC1. The molecule has 4 heteroatoms. The molecular formula is C18H29N3O. The summed E-state index contributed by atoms with van der Waals surface area (Å²) >= 11 is 0. The number of ether oxygens (including phenoxy) is 1. The minimum absolute atomic E-state index is 0.0653. The molecule has 2 aliphatic rings. The Hall–Kier alpha value is -1.13. The highest BCUT2D eigenvalue weighted by molar-refractivity contribution is 5.46. The summed E-state index contributed by atoms with van der Waals surface area (Å²) < 4.78 is 5.84. The number of hydrogen-bond donors (Lipinski definition) is 0. The molecule has 1 atom stereocenters. The fraction of sp³-hybridized carbons (Fsp3) is 0.722. The average Bonchev–Trinajstić information content (AvgIpc) is 2.48. The zero-order valence-electron chi connectivity index (χ0n) is 14.2. The van der Waals surface area contributed by atoms with Gasteiger partial charge in [0.1, 0.15) is 5.82 Å². The number of aromatic nitrogens is 1. The molecule has 0 unspecified atom stereocenters. The second-order valence-electron chi connectivity index (χ2n) is 7.40. The number of hydrogen-bond acceptors (Lipinski definition) is 4. The van der Waals surface area contributed by atoms with Crippen molar-refractivity contribution in [3.63, 3.8) is 0 Å². The first-order chi connectivity index (χ1) is 10.5. The van der Waals surface area contributed by atoms with E-state index in [1.807, 2.05) is 12.3 Å². The van der Waals surface area contributed by atoms with Crippen molar-refractivity contribution < 1.29 is 4.74 Å². The van der Waals surface area contributed by atoms with Crippen molar-refractivity contribution in [3.8, 4) is 0 Å². The zero-order chi connectivity index (χ0) is 15.6. The lowest BCUT2D eigenvalue weighted by Gasteiger charge is -2.41. The van der Waals surface area contributed by atoms with Crippen molar-refractivity contribution in [2.75, 3.05) is 44.2 Å². The fourth-order valence-electron chi connectivity index (χ4n) is 3.83. The number of nitrogens with zero attached hydrogens (tertiary/aromatic N) is 3. The molecule has 3 heterocycles. The Morgan fingerprint density at radius 3 is 2.73 bits per heavy atom. The predicted molar refractivity (Wildman–Crippen MR) is 90.4 cm³/mol. The highest BCUT2D eigenvalue weighted by atomic mass is 16.5. The van der Waals surface area contributed by atoms with E-state index in [2.05, 4.69) is 41.6 Å². The van der Waals surface area contributed by atoms with Gasteiger partial charge in [-0.25, -0.2) is 4.98 Å². The van der Waals surface area contributed by atoms with E-state index in [1.54, 1.807) is 0 Å². The van der Waals surface area contributed by atoms with Crippen molar-refractivity contribution in [3.05, 3.63) is 23.9 Å². The van der Waals surface area contributed by atoms with Gasteiger partial charge in [0.15, 0.2) is 0 Å². The normalized spacial score (nSPS) is 26.1. The topological polar surface area (TPSA) is 28.6 Å². The molecule has 0 aliphatic carbocycles. The van der Waals surface area contributed by atoms with E-state index in [4.69, 9.17) is 4.74 Å². The molecule has 0 bridgehead atoms. The van der Waals surface area contributed by atoms with Gasteiger partial charge in [0.2, 0.25) is 0 Å². The lowest BCUT2D eigenvalue weighted by Crippen LogP contribution is -2.49. The van der Waals surface area contributed by atoms with Gasteiger partial charge in [-0.05, 0) is 51.2 Å². The largest absolute Gasteiger partial charge is 0.376 e. The molecule has 0 aromatic carbocycles. The van der Waals surface area contributed by atoms with Crippen LogP contribution < -0.4 is 4.90 Å². The van der Waals surface area contributed by atoms with E-state index < -0.39 is 0 Å². The van der Waals surface area contributed by atoms with E-state index in [0.717, 1.165) is 44.5 Å². The molecule has 22 heavy (non-hydrogen) atoms. The van der Waals surface area contributed by atoms with Crippen molar-refractivity contribution in [2.24, 2.45) is 5.92 Å².